The molecule has 0 aliphatic heterocycles. The molecular weight excluding hydrogens is 420 g/mol. The minimum absolute atomic E-state index is 0.0484. The number of nitrogens with one attached hydrogen (secondary N) is 1. The van der Waals surface area contributed by atoms with Gasteiger partial charge in [0.15, 0.2) is 0 Å². The molecule has 0 aliphatic rings. The fourth-order valence-corrected chi connectivity index (χ4v) is 5.97. The van der Waals surface area contributed by atoms with Gasteiger partial charge >= 0.3 is 5.97 Å². The molecule has 0 fully saturated rings. The van der Waals surface area contributed by atoms with E-state index in [1.165, 1.54) is 6.07 Å². The highest BCUT2D eigenvalue weighted by atomic mass is 32.2. The van der Waals surface area contributed by atoms with Gasteiger partial charge in [0, 0.05) is 35.4 Å². The summed E-state index contributed by atoms with van der Waals surface area (Å²) in [5, 5.41) is 10.6. The predicted octanol–water partition coefficient (Wildman–Crippen LogP) is 3.88. The third-order valence-corrected chi connectivity index (χ3v) is 8.00. The maximum atomic E-state index is 12.9. The van der Waals surface area contributed by atoms with Crippen molar-refractivity contribution in [1.29, 1.82) is 0 Å². The quantitative estimate of drug-likeness (QED) is 0.456. The molecule has 0 spiro atoms. The Kier molecular flexibility index (Phi) is 5.46. The lowest BCUT2D eigenvalue weighted by atomic mass is 10.1. The molecule has 0 bridgehead atoms. The minimum atomic E-state index is -3.98. The molecule has 4 rings (SSSR count). The summed E-state index contributed by atoms with van der Waals surface area (Å²) in [6.07, 6.45) is 1.89. The molecule has 0 saturated heterocycles. The van der Waals surface area contributed by atoms with Crippen molar-refractivity contribution in [3.05, 3.63) is 78.5 Å². The van der Waals surface area contributed by atoms with E-state index in [4.69, 9.17) is 0 Å². The Morgan fingerprint density at radius 1 is 1.07 bits per heavy atom. The Balaban J connectivity index is 1.60. The summed E-state index contributed by atoms with van der Waals surface area (Å²) in [4.78, 5) is 12.7. The number of sulfonamides is 1. The fourth-order valence-electron chi connectivity index (χ4n) is 3.46. The number of aromatic nitrogens is 1. The second-order valence-corrected chi connectivity index (χ2v) is 10.0. The molecule has 0 aliphatic carbocycles. The second kappa shape index (κ2) is 8.06. The summed E-state index contributed by atoms with van der Waals surface area (Å²) >= 11 is 1.11. The lowest BCUT2D eigenvalue weighted by Gasteiger charge is -2.13. The van der Waals surface area contributed by atoms with Crippen LogP contribution in [-0.2, 0) is 28.3 Å². The number of fused-ring (bicyclic) bond motifs is 1. The van der Waals surface area contributed by atoms with Crippen LogP contribution in [0.2, 0.25) is 0 Å². The number of para-hydroxylation sites is 1. The van der Waals surface area contributed by atoms with Crippen LogP contribution in [0.4, 0.5) is 0 Å². The van der Waals surface area contributed by atoms with Crippen molar-refractivity contribution in [3.8, 4) is 10.4 Å². The van der Waals surface area contributed by atoms with Gasteiger partial charge in [-0.2, -0.15) is 4.72 Å². The highest BCUT2D eigenvalue weighted by Gasteiger charge is 2.28. The van der Waals surface area contributed by atoms with Crippen LogP contribution in [0.25, 0.3) is 21.3 Å². The number of rotatable bonds is 7. The van der Waals surface area contributed by atoms with Crippen LogP contribution < -0.4 is 4.72 Å². The monoisotopic (exact) mass is 440 g/mol. The van der Waals surface area contributed by atoms with Crippen molar-refractivity contribution in [2.45, 2.75) is 16.7 Å². The van der Waals surface area contributed by atoms with Crippen LogP contribution in [0, 0.1) is 0 Å². The minimum Gasteiger partial charge on any atom is -0.480 e. The second-order valence-electron chi connectivity index (χ2n) is 6.98. The Morgan fingerprint density at radius 3 is 2.50 bits per heavy atom. The van der Waals surface area contributed by atoms with Gasteiger partial charge in [-0.05, 0) is 29.3 Å². The molecule has 2 N–H and O–H groups in total. The molecule has 2 aromatic carbocycles. The number of carboxylic acids is 1. The van der Waals surface area contributed by atoms with E-state index in [9.17, 15) is 18.3 Å². The third-order valence-electron chi connectivity index (χ3n) is 4.90. The van der Waals surface area contributed by atoms with E-state index in [1.54, 1.807) is 6.07 Å². The zero-order valence-corrected chi connectivity index (χ0v) is 17.8. The van der Waals surface area contributed by atoms with Gasteiger partial charge in [-0.3, -0.25) is 4.79 Å². The molecule has 0 unspecified atom stereocenters. The number of carboxylic acid groups (broad SMARTS) is 1. The van der Waals surface area contributed by atoms with E-state index in [-0.39, 0.29) is 10.6 Å². The number of carbonyl (C=O) groups is 1. The van der Waals surface area contributed by atoms with Gasteiger partial charge in [0.1, 0.15) is 10.3 Å². The summed E-state index contributed by atoms with van der Waals surface area (Å²) in [6, 6.07) is 19.0. The van der Waals surface area contributed by atoms with E-state index < -0.39 is 22.0 Å². The van der Waals surface area contributed by atoms with Crippen LogP contribution in [0.1, 0.15) is 5.56 Å². The van der Waals surface area contributed by atoms with Gasteiger partial charge in [-0.15, -0.1) is 11.3 Å². The molecule has 2 aromatic heterocycles. The Labute approximate surface area is 178 Å². The topological polar surface area (TPSA) is 88.4 Å². The lowest BCUT2D eigenvalue weighted by Crippen LogP contribution is -2.42. The zero-order valence-electron chi connectivity index (χ0n) is 16.1. The van der Waals surface area contributed by atoms with Gasteiger partial charge < -0.3 is 9.67 Å². The standard InChI is InChI=1S/C22H20N2O4S2/c1-24-14-16(17-9-5-6-10-19(17)24)13-18(22(25)26)23-30(27,28)21-12-11-20(29-21)15-7-3-2-4-8-15/h2-12,14,18,23H,13H2,1H3,(H,25,26)/t18-/m1/s1. The van der Waals surface area contributed by atoms with Crippen LogP contribution in [0.3, 0.4) is 0 Å². The van der Waals surface area contributed by atoms with Crippen molar-refractivity contribution in [2.24, 2.45) is 7.05 Å². The van der Waals surface area contributed by atoms with Crippen molar-refractivity contribution < 1.29 is 18.3 Å². The summed E-state index contributed by atoms with van der Waals surface area (Å²) in [6.45, 7) is 0. The Bertz CT molecular complexity index is 1310. The molecule has 0 saturated carbocycles. The van der Waals surface area contributed by atoms with Crippen LogP contribution >= 0.6 is 11.3 Å². The average molecular weight is 441 g/mol. The van der Waals surface area contributed by atoms with Gasteiger partial charge in [-0.1, -0.05) is 48.5 Å². The Morgan fingerprint density at radius 2 is 1.77 bits per heavy atom. The summed E-state index contributed by atoms with van der Waals surface area (Å²) in [7, 11) is -2.10. The fraction of sp³-hybridized carbons (Fsp3) is 0.136. The summed E-state index contributed by atoms with van der Waals surface area (Å²) in [5.74, 6) is -1.22. The highest BCUT2D eigenvalue weighted by molar-refractivity contribution is 7.91. The molecule has 2 heterocycles. The lowest BCUT2D eigenvalue weighted by molar-refractivity contribution is -0.138. The largest absolute Gasteiger partial charge is 0.480 e. The number of nitrogens with zero attached hydrogens (tertiary/aromatic N) is 1. The van der Waals surface area contributed by atoms with E-state index in [2.05, 4.69) is 4.72 Å². The maximum absolute atomic E-state index is 12.9. The maximum Gasteiger partial charge on any atom is 0.322 e. The molecule has 0 radical (unpaired) electrons. The molecule has 30 heavy (non-hydrogen) atoms. The van der Waals surface area contributed by atoms with Crippen molar-refractivity contribution in [3.63, 3.8) is 0 Å². The summed E-state index contributed by atoms with van der Waals surface area (Å²) in [5.41, 5.74) is 2.65. The van der Waals surface area contributed by atoms with E-state index >= 15 is 0 Å². The average Bonchev–Trinajstić information content (AvgIpc) is 3.35. The third kappa shape index (κ3) is 4.02. The normalized spacial score (nSPS) is 12.8. The van der Waals surface area contributed by atoms with Crippen molar-refractivity contribution in [1.82, 2.24) is 9.29 Å². The van der Waals surface area contributed by atoms with E-state index in [0.717, 1.165) is 38.2 Å². The summed E-state index contributed by atoms with van der Waals surface area (Å²) < 4.78 is 30.1. The molecule has 1 atom stereocenters. The van der Waals surface area contributed by atoms with Crippen LogP contribution in [0.15, 0.2) is 77.1 Å². The van der Waals surface area contributed by atoms with Crippen LogP contribution in [-0.4, -0.2) is 30.1 Å². The smallest absolute Gasteiger partial charge is 0.322 e. The molecule has 154 valence electrons. The first-order valence-electron chi connectivity index (χ1n) is 9.28. The van der Waals surface area contributed by atoms with E-state index in [1.807, 2.05) is 72.4 Å². The number of aryl methyl sites for hydroxylation is 1. The number of benzene rings is 2. The predicted molar refractivity (Wildman–Crippen MR) is 118 cm³/mol. The number of hydrogen-bond donors (Lipinski definition) is 2. The number of hydrogen-bond acceptors (Lipinski definition) is 4. The molecule has 6 nitrogen and oxygen atoms in total. The van der Waals surface area contributed by atoms with Crippen molar-refractivity contribution in [2.75, 3.05) is 0 Å². The van der Waals surface area contributed by atoms with Crippen molar-refractivity contribution >= 4 is 38.2 Å². The van der Waals surface area contributed by atoms with Gasteiger partial charge in [0.2, 0.25) is 0 Å². The number of thiophene rings is 1. The van der Waals surface area contributed by atoms with Gasteiger partial charge in [0.05, 0.1) is 0 Å². The first kappa shape index (κ1) is 20.3. The number of aliphatic carboxylic acids is 1. The SMILES string of the molecule is Cn1cc(C[C@@H](NS(=O)(=O)c2ccc(-c3ccccc3)s2)C(=O)O)c2ccccc21. The highest BCUT2D eigenvalue weighted by Crippen LogP contribution is 2.31. The molecular formula is C22H20N2O4S2. The van der Waals surface area contributed by atoms with Gasteiger partial charge in [-0.25, -0.2) is 8.42 Å². The van der Waals surface area contributed by atoms with Gasteiger partial charge in [0.25, 0.3) is 10.0 Å². The molecule has 0 amide bonds. The van der Waals surface area contributed by atoms with E-state index in [0.29, 0.717) is 0 Å². The first-order chi connectivity index (χ1) is 14.3. The van der Waals surface area contributed by atoms with Crippen LogP contribution in [0.5, 0.6) is 0 Å². The Hall–Kier alpha value is -2.94. The molecule has 8 heteroatoms. The molecule has 4 aromatic rings. The zero-order chi connectivity index (χ0) is 21.3. The first-order valence-corrected chi connectivity index (χ1v) is 11.6.